The maximum Gasteiger partial charge on any atom is 0.397 e. The Morgan fingerprint density at radius 3 is 1.21 bits per heavy atom. The number of aliphatic hydroxyl groups is 1. The van der Waals surface area contributed by atoms with Crippen LogP contribution in [0.3, 0.4) is 0 Å². The number of fused-ring (bicyclic) bond motifs is 2. The van der Waals surface area contributed by atoms with Gasteiger partial charge in [0, 0.05) is 22.3 Å². The Hall–Kier alpha value is -3.59. The lowest BCUT2D eigenvalue weighted by Gasteiger charge is -2.41. The molecular weight excluding hydrogens is 1000 g/mol. The molecule has 8 rings (SSSR count). The molecule has 2 fully saturated rings. The van der Waals surface area contributed by atoms with Gasteiger partial charge in [-0.1, -0.05) is 187 Å². The molecule has 77 heavy (non-hydrogen) atoms. The fraction of sp³-hybridized carbons (Fsp3) is 0.615. The number of carbonyl (C=O) groups is 1. The Labute approximate surface area is 465 Å². The highest BCUT2D eigenvalue weighted by Gasteiger charge is 2.47. The molecular formula is C65H92O10P2. The van der Waals surface area contributed by atoms with E-state index in [1.807, 2.05) is 24.3 Å². The highest BCUT2D eigenvalue weighted by Crippen LogP contribution is 2.57. The third kappa shape index (κ3) is 14.0. The zero-order chi connectivity index (χ0) is 56.7. The highest BCUT2D eigenvalue weighted by molar-refractivity contribution is 7.42. The number of ether oxygens (including phenoxy) is 2. The van der Waals surface area contributed by atoms with Crippen LogP contribution in [0.15, 0.2) is 72.8 Å². The SMILES string of the molecule is CC(C)(C)CC(C)(C)c1ccc2c(c1)C(c1cc(C(C)(C)CC(C)(C)C)ccc1OP1OCC3(CO1)COP(Oc1ccc(C(C)(C)CC(C)(C)C)cc1C1c4cc(C(C)(C)CC(C)(C)C)ccc4OC1O)OC3)C(=O)O2. The van der Waals surface area contributed by atoms with Crippen molar-refractivity contribution in [1.29, 1.82) is 0 Å². The number of carbonyl (C=O) groups excluding carboxylic acids is 1. The van der Waals surface area contributed by atoms with Crippen molar-refractivity contribution in [2.24, 2.45) is 27.1 Å². The zero-order valence-electron chi connectivity index (χ0n) is 50.3. The molecule has 4 heterocycles. The van der Waals surface area contributed by atoms with Gasteiger partial charge >= 0.3 is 23.2 Å². The predicted molar refractivity (Wildman–Crippen MR) is 311 cm³/mol. The summed E-state index contributed by atoms with van der Waals surface area (Å²) >= 11 is 0. The molecule has 0 saturated carbocycles. The number of hydrogen-bond donors (Lipinski definition) is 1. The molecule has 2 saturated heterocycles. The van der Waals surface area contributed by atoms with E-state index in [-0.39, 0.29) is 75.7 Å². The number of hydrogen-bond acceptors (Lipinski definition) is 10. The Morgan fingerprint density at radius 2 is 0.805 bits per heavy atom. The topological polar surface area (TPSA) is 111 Å². The average molecular weight is 1100 g/mol. The molecule has 0 bridgehead atoms. The van der Waals surface area contributed by atoms with Gasteiger partial charge in [0.25, 0.3) is 0 Å². The average Bonchev–Trinajstić information content (AvgIpc) is 3.81. The summed E-state index contributed by atoms with van der Waals surface area (Å²) < 4.78 is 51.5. The van der Waals surface area contributed by atoms with Crippen molar-refractivity contribution in [3.63, 3.8) is 0 Å². The van der Waals surface area contributed by atoms with Crippen LogP contribution in [-0.4, -0.2) is 43.8 Å². The van der Waals surface area contributed by atoms with Crippen molar-refractivity contribution in [2.75, 3.05) is 26.4 Å². The fourth-order valence-corrected chi connectivity index (χ4v) is 16.0. The van der Waals surface area contributed by atoms with Crippen molar-refractivity contribution < 1.29 is 46.5 Å². The summed E-state index contributed by atoms with van der Waals surface area (Å²) in [6.45, 7) is 46.5. The number of aliphatic hydroxyl groups excluding tert-OH is 1. The molecule has 4 aliphatic heterocycles. The maximum atomic E-state index is 14.1. The molecule has 10 nitrogen and oxygen atoms in total. The summed E-state index contributed by atoms with van der Waals surface area (Å²) in [5.74, 6) is 0.819. The quantitative estimate of drug-likeness (QED) is 0.0744. The second-order valence-corrected chi connectivity index (χ2v) is 32.9. The molecule has 422 valence electrons. The van der Waals surface area contributed by atoms with Gasteiger partial charge < -0.3 is 41.7 Å². The molecule has 0 amide bonds. The number of rotatable bonds is 14. The molecule has 0 radical (unpaired) electrons. The largest absolute Gasteiger partial charge is 0.464 e. The van der Waals surface area contributed by atoms with E-state index in [9.17, 15) is 9.90 Å². The van der Waals surface area contributed by atoms with Crippen LogP contribution < -0.4 is 18.5 Å². The van der Waals surface area contributed by atoms with E-state index in [1.54, 1.807) is 0 Å². The summed E-state index contributed by atoms with van der Waals surface area (Å²) in [4.78, 5) is 14.1. The molecule has 3 unspecified atom stereocenters. The Bertz CT molecular complexity index is 2780. The highest BCUT2D eigenvalue weighted by atomic mass is 31.2. The van der Waals surface area contributed by atoms with E-state index in [0.717, 1.165) is 64.6 Å². The van der Waals surface area contributed by atoms with Crippen molar-refractivity contribution in [1.82, 2.24) is 0 Å². The van der Waals surface area contributed by atoms with Crippen LogP contribution in [0.4, 0.5) is 0 Å². The first kappa shape index (κ1) is 59.5. The van der Waals surface area contributed by atoms with Crippen LogP contribution in [0.2, 0.25) is 0 Å². The first-order valence-corrected chi connectivity index (χ1v) is 30.1. The van der Waals surface area contributed by atoms with Crippen molar-refractivity contribution in [2.45, 2.75) is 204 Å². The summed E-state index contributed by atoms with van der Waals surface area (Å²) in [5.41, 5.74) is 7.10. The van der Waals surface area contributed by atoms with Gasteiger partial charge in [-0.3, -0.25) is 4.79 Å². The second-order valence-electron chi connectivity index (χ2n) is 30.6. The second kappa shape index (κ2) is 21.1. The molecule has 12 heteroatoms. The van der Waals surface area contributed by atoms with Gasteiger partial charge in [-0.15, -0.1) is 0 Å². The number of benzene rings is 4. The van der Waals surface area contributed by atoms with Gasteiger partial charge in [0.15, 0.2) is 0 Å². The van der Waals surface area contributed by atoms with Gasteiger partial charge in [-0.05, 0) is 116 Å². The normalized spacial score (nSPS) is 23.6. The Kier molecular flexibility index (Phi) is 16.3. The Morgan fingerprint density at radius 1 is 0.468 bits per heavy atom. The molecule has 3 atom stereocenters. The van der Waals surface area contributed by atoms with Crippen LogP contribution in [-0.2, 0) is 44.5 Å². The van der Waals surface area contributed by atoms with E-state index in [0.29, 0.717) is 23.0 Å². The minimum atomic E-state index is -1.86. The summed E-state index contributed by atoms with van der Waals surface area (Å²) in [6, 6.07) is 25.1. The third-order valence-electron chi connectivity index (χ3n) is 15.6. The predicted octanol–water partition coefficient (Wildman–Crippen LogP) is 17.4. The van der Waals surface area contributed by atoms with E-state index in [4.69, 9.17) is 36.6 Å². The van der Waals surface area contributed by atoms with Crippen LogP contribution >= 0.6 is 17.2 Å². The van der Waals surface area contributed by atoms with Gasteiger partial charge in [0.05, 0.1) is 37.8 Å². The third-order valence-corrected chi connectivity index (χ3v) is 17.6. The monoisotopic (exact) mass is 1090 g/mol. The smallest absolute Gasteiger partial charge is 0.397 e. The van der Waals surface area contributed by atoms with Gasteiger partial charge in [0.2, 0.25) is 6.29 Å². The van der Waals surface area contributed by atoms with Crippen molar-refractivity contribution >= 4 is 23.2 Å². The standard InChI is InChI=1S/C65H92O10P2/c1-57(2,3)33-61(13,14)41-21-25-49-45(29-41)53(55(66)72-49)47-31-43(63(17,18)35-59(7,8)9)23-27-51(47)74-76-68-37-65(38-69-76)39-70-77(71-40-65)75-52-28-24-44(64(19,20)36-60(10,11)12)32-48(52)54-46-30-42(22-26-50(46)73-56(54)67)62(15,16)34-58(4,5)6/h21-32,53-55,66H,33-40H2,1-20H3. The molecule has 0 aliphatic carbocycles. The van der Waals surface area contributed by atoms with Gasteiger partial charge in [-0.2, -0.15) is 0 Å². The molecule has 4 aliphatic rings. The van der Waals surface area contributed by atoms with Crippen LogP contribution in [0.5, 0.6) is 23.0 Å². The minimum Gasteiger partial charge on any atom is -0.464 e. The molecule has 0 aromatic heterocycles. The van der Waals surface area contributed by atoms with Gasteiger partial charge in [-0.25, -0.2) is 0 Å². The molecule has 1 N–H and O–H groups in total. The lowest BCUT2D eigenvalue weighted by Crippen LogP contribution is -2.45. The fourth-order valence-electron chi connectivity index (χ4n) is 13.5. The first-order chi connectivity index (χ1) is 35.3. The van der Waals surface area contributed by atoms with E-state index in [1.165, 1.54) is 5.56 Å². The summed E-state index contributed by atoms with van der Waals surface area (Å²) in [6.07, 6.45) is 2.72. The van der Waals surface area contributed by atoms with Crippen LogP contribution in [0.25, 0.3) is 0 Å². The molecule has 4 aromatic rings. The summed E-state index contributed by atoms with van der Waals surface area (Å²) in [7, 11) is -3.70. The Balaban J connectivity index is 1.02. The lowest BCUT2D eigenvalue weighted by atomic mass is 9.71. The van der Waals surface area contributed by atoms with E-state index < -0.39 is 40.7 Å². The van der Waals surface area contributed by atoms with Crippen molar-refractivity contribution in [3.8, 4) is 23.0 Å². The maximum absolute atomic E-state index is 14.1. The van der Waals surface area contributed by atoms with E-state index >= 15 is 0 Å². The molecule has 4 aromatic carbocycles. The summed E-state index contributed by atoms with van der Waals surface area (Å²) in [5, 5.41) is 11.8. The van der Waals surface area contributed by atoms with Crippen molar-refractivity contribution in [3.05, 3.63) is 117 Å². The van der Waals surface area contributed by atoms with Gasteiger partial charge in [0.1, 0.15) is 28.9 Å². The zero-order valence-corrected chi connectivity index (χ0v) is 52.1. The first-order valence-electron chi connectivity index (χ1n) is 27.9. The minimum absolute atomic E-state index is 0.0709. The lowest BCUT2D eigenvalue weighted by molar-refractivity contribution is -0.133. The molecule has 1 spiro atoms. The van der Waals surface area contributed by atoms with E-state index in [2.05, 4.69) is 187 Å². The van der Waals surface area contributed by atoms with Crippen LogP contribution in [0, 0.1) is 27.1 Å². The number of esters is 1. The van der Waals surface area contributed by atoms with Crippen LogP contribution in [0.1, 0.15) is 221 Å².